The maximum absolute atomic E-state index is 10.3. The zero-order chi connectivity index (χ0) is 20.4. The van der Waals surface area contributed by atoms with Gasteiger partial charge in [0.1, 0.15) is 0 Å². The summed E-state index contributed by atoms with van der Waals surface area (Å²) in [7, 11) is 0. The van der Waals surface area contributed by atoms with Gasteiger partial charge >= 0.3 is 5.97 Å². The van der Waals surface area contributed by atoms with Crippen molar-refractivity contribution in [3.8, 4) is 0 Å². The van der Waals surface area contributed by atoms with Crippen molar-refractivity contribution in [1.82, 2.24) is 0 Å². The van der Waals surface area contributed by atoms with Crippen LogP contribution in [0.2, 0.25) is 0 Å². The topological polar surface area (TPSA) is 90.3 Å². The van der Waals surface area contributed by atoms with E-state index in [1.807, 2.05) is 0 Å². The Morgan fingerprint density at radius 1 is 0.778 bits per heavy atom. The van der Waals surface area contributed by atoms with Gasteiger partial charge < -0.3 is 20.1 Å². The Balaban J connectivity index is 0. The van der Waals surface area contributed by atoms with Crippen LogP contribution in [0.5, 0.6) is 0 Å². The van der Waals surface area contributed by atoms with Crippen molar-refractivity contribution in [2.45, 2.75) is 96.8 Å². The Morgan fingerprint density at radius 2 is 1.19 bits per heavy atom. The zero-order valence-electron chi connectivity index (χ0n) is 17.5. The van der Waals surface area contributed by atoms with Gasteiger partial charge in [0, 0.05) is 6.42 Å². The van der Waals surface area contributed by atoms with Crippen LogP contribution in [0.25, 0.3) is 0 Å². The van der Waals surface area contributed by atoms with Crippen LogP contribution in [0, 0.1) is 0 Å². The van der Waals surface area contributed by atoms with Crippen LogP contribution in [-0.2, 0) is 9.53 Å². The van der Waals surface area contributed by atoms with Crippen molar-refractivity contribution in [3.63, 3.8) is 0 Å². The van der Waals surface area contributed by atoms with E-state index in [1.165, 1.54) is 70.6 Å². The van der Waals surface area contributed by atoms with Gasteiger partial charge in [0.05, 0.1) is 26.4 Å². The van der Waals surface area contributed by atoms with Crippen LogP contribution in [0.15, 0.2) is 12.2 Å². The van der Waals surface area contributed by atoms with Gasteiger partial charge in [0.2, 0.25) is 0 Å². The number of aliphatic hydroxyl groups excluding tert-OH is 2. The highest BCUT2D eigenvalue weighted by Crippen LogP contribution is 2.09. The maximum Gasteiger partial charge on any atom is 0.303 e. The molecule has 1 aliphatic heterocycles. The van der Waals surface area contributed by atoms with Crippen molar-refractivity contribution in [1.29, 1.82) is 0 Å². The Labute approximate surface area is 166 Å². The molecule has 3 N–H and O–H groups in total. The van der Waals surface area contributed by atoms with Crippen LogP contribution in [0.1, 0.15) is 96.8 Å². The molecule has 1 heterocycles. The molecule has 5 heteroatoms. The molecule has 1 saturated heterocycles. The minimum atomic E-state index is -0.664. The predicted octanol–water partition coefficient (Wildman–Crippen LogP) is 5.10. The summed E-state index contributed by atoms with van der Waals surface area (Å²) in [6.45, 7) is 4.01. The lowest BCUT2D eigenvalue weighted by molar-refractivity contribution is -0.137. The number of epoxide rings is 1. The molecular weight excluding hydrogens is 344 g/mol. The van der Waals surface area contributed by atoms with Crippen LogP contribution >= 0.6 is 0 Å². The first-order chi connectivity index (χ1) is 13.2. The summed E-state index contributed by atoms with van der Waals surface area (Å²) in [6.07, 6.45) is 21.2. The number of carboxylic acids is 1. The van der Waals surface area contributed by atoms with Gasteiger partial charge in [-0.25, -0.2) is 0 Å². The van der Waals surface area contributed by atoms with Gasteiger partial charge in [-0.3, -0.25) is 4.79 Å². The average Bonchev–Trinajstić information content (AvgIpc) is 3.54. The molecule has 5 nitrogen and oxygen atoms in total. The Kier molecular flexibility index (Phi) is 28.6. The van der Waals surface area contributed by atoms with E-state index in [4.69, 9.17) is 15.3 Å². The molecule has 0 aromatic carbocycles. The number of hydrogen-bond acceptors (Lipinski definition) is 4. The Morgan fingerprint density at radius 3 is 1.56 bits per heavy atom. The van der Waals surface area contributed by atoms with E-state index in [9.17, 15) is 4.79 Å². The van der Waals surface area contributed by atoms with E-state index >= 15 is 0 Å². The summed E-state index contributed by atoms with van der Waals surface area (Å²) >= 11 is 0. The summed E-state index contributed by atoms with van der Waals surface area (Å²) in [5, 5.41) is 23.8. The Hall–Kier alpha value is -0.910. The highest BCUT2D eigenvalue weighted by Gasteiger charge is 1.96. The first kappa shape index (κ1) is 28.3. The number of carbonyl (C=O) groups is 1. The third-order valence-electron chi connectivity index (χ3n) is 3.96. The fourth-order valence-corrected chi connectivity index (χ4v) is 2.35. The van der Waals surface area contributed by atoms with Crippen molar-refractivity contribution in [2.75, 3.05) is 26.4 Å². The van der Waals surface area contributed by atoms with E-state index in [2.05, 4.69) is 23.8 Å². The molecule has 0 unspecified atom stereocenters. The molecule has 0 saturated carbocycles. The van der Waals surface area contributed by atoms with Crippen molar-refractivity contribution >= 4 is 5.97 Å². The van der Waals surface area contributed by atoms with Gasteiger partial charge in [-0.15, -0.1) is 0 Å². The average molecular weight is 389 g/mol. The van der Waals surface area contributed by atoms with E-state index in [1.54, 1.807) is 0 Å². The smallest absolute Gasteiger partial charge is 0.303 e. The number of ether oxygens (including phenoxy) is 1. The summed E-state index contributed by atoms with van der Waals surface area (Å²) in [5.41, 5.74) is 0. The van der Waals surface area contributed by atoms with Gasteiger partial charge in [0.25, 0.3) is 0 Å². The van der Waals surface area contributed by atoms with Crippen LogP contribution in [-0.4, -0.2) is 47.7 Å². The van der Waals surface area contributed by atoms with E-state index in [-0.39, 0.29) is 13.2 Å². The summed E-state index contributed by atoms with van der Waals surface area (Å²) < 4.78 is 4.50. The molecule has 0 bridgehead atoms. The summed E-state index contributed by atoms with van der Waals surface area (Å²) in [6, 6.07) is 0. The van der Waals surface area contributed by atoms with Crippen molar-refractivity contribution in [2.24, 2.45) is 0 Å². The quantitative estimate of drug-likeness (QED) is 0.194. The van der Waals surface area contributed by atoms with Crippen molar-refractivity contribution < 1.29 is 24.9 Å². The monoisotopic (exact) mass is 388 g/mol. The molecule has 1 aliphatic rings. The molecule has 0 aromatic heterocycles. The first-order valence-electron chi connectivity index (χ1n) is 10.8. The third-order valence-corrected chi connectivity index (χ3v) is 3.96. The van der Waals surface area contributed by atoms with E-state index < -0.39 is 5.97 Å². The Bertz CT molecular complexity index is 298. The minimum absolute atomic E-state index is 0.125. The molecule has 0 radical (unpaired) electrons. The second-order valence-corrected chi connectivity index (χ2v) is 6.79. The fraction of sp³-hybridized carbons (Fsp3) is 0.864. The lowest BCUT2D eigenvalue weighted by Crippen LogP contribution is -1.93. The second kappa shape index (κ2) is 27.3. The first-order valence-corrected chi connectivity index (χ1v) is 10.8. The molecule has 162 valence electrons. The number of aliphatic carboxylic acids is 1. The fourth-order valence-electron chi connectivity index (χ4n) is 2.35. The molecule has 0 spiro atoms. The predicted molar refractivity (Wildman–Crippen MR) is 112 cm³/mol. The lowest BCUT2D eigenvalue weighted by Gasteiger charge is -1.99. The standard InChI is InChI=1S/C18H34O2.C2H6O2.C2H4O/c1-2-3-4-5-6-7-8-9-10-11-12-13-14-15-16-17-18(19)20;3-1-2-4;1-2-3-1/h9-10H,2-8,11-17H2,1H3,(H,19,20);3-4H,1-2H2;1-2H2. The zero-order valence-corrected chi connectivity index (χ0v) is 17.5. The molecular formula is C22H44O5. The minimum Gasteiger partial charge on any atom is -0.481 e. The highest BCUT2D eigenvalue weighted by atomic mass is 16.6. The van der Waals surface area contributed by atoms with Crippen LogP contribution in [0.4, 0.5) is 0 Å². The van der Waals surface area contributed by atoms with Gasteiger partial charge in [-0.2, -0.15) is 0 Å². The van der Waals surface area contributed by atoms with Crippen LogP contribution in [0.3, 0.4) is 0 Å². The van der Waals surface area contributed by atoms with Gasteiger partial charge in [-0.1, -0.05) is 70.4 Å². The molecule has 0 aromatic rings. The number of hydrogen-bond donors (Lipinski definition) is 3. The highest BCUT2D eigenvalue weighted by molar-refractivity contribution is 5.66. The molecule has 0 amide bonds. The van der Waals surface area contributed by atoms with E-state index in [0.29, 0.717) is 6.42 Å². The molecule has 27 heavy (non-hydrogen) atoms. The summed E-state index contributed by atoms with van der Waals surface area (Å²) in [5.74, 6) is -0.664. The molecule has 0 atom stereocenters. The largest absolute Gasteiger partial charge is 0.481 e. The third kappa shape index (κ3) is 40.9. The number of allylic oxidation sites excluding steroid dienone is 2. The SMILES string of the molecule is C1CO1.CCCCCCCCC=CCCCCCCCC(=O)O.OCCO. The number of unbranched alkanes of at least 4 members (excludes halogenated alkanes) is 11. The summed E-state index contributed by atoms with van der Waals surface area (Å²) in [4.78, 5) is 10.3. The lowest BCUT2D eigenvalue weighted by atomic mass is 10.1. The molecule has 1 rings (SSSR count). The van der Waals surface area contributed by atoms with Crippen LogP contribution < -0.4 is 0 Å². The van der Waals surface area contributed by atoms with E-state index in [0.717, 1.165) is 26.1 Å². The van der Waals surface area contributed by atoms with Gasteiger partial charge in [0.15, 0.2) is 0 Å². The number of rotatable bonds is 16. The number of aliphatic hydroxyl groups is 2. The number of carboxylic acid groups (broad SMARTS) is 1. The van der Waals surface area contributed by atoms with Gasteiger partial charge in [-0.05, 0) is 32.1 Å². The molecule has 1 fully saturated rings. The maximum atomic E-state index is 10.3. The van der Waals surface area contributed by atoms with Crippen molar-refractivity contribution in [3.05, 3.63) is 12.2 Å². The molecule has 0 aliphatic carbocycles. The normalized spacial score (nSPS) is 12.1. The second-order valence-electron chi connectivity index (χ2n) is 6.79.